The maximum atomic E-state index is 11.1. The molecule has 0 radical (unpaired) electrons. The van der Waals surface area contributed by atoms with Crippen molar-refractivity contribution in [3.63, 3.8) is 0 Å². The first-order chi connectivity index (χ1) is 7.27. The first-order valence-electron chi connectivity index (χ1n) is 5.26. The van der Waals surface area contributed by atoms with Crippen molar-refractivity contribution in [2.75, 3.05) is 7.11 Å². The third-order valence-electron chi connectivity index (χ3n) is 2.17. The Morgan fingerprint density at radius 2 is 2.27 bits per heavy atom. The van der Waals surface area contributed by atoms with E-state index in [9.17, 15) is 4.79 Å². The first kappa shape index (κ1) is 11.7. The second-order valence-corrected chi connectivity index (χ2v) is 3.42. The van der Waals surface area contributed by atoms with Crippen molar-refractivity contribution < 1.29 is 9.53 Å². The summed E-state index contributed by atoms with van der Waals surface area (Å²) in [7, 11) is 1.34. The molecule has 0 aromatic carbocycles. The lowest BCUT2D eigenvalue weighted by molar-refractivity contribution is 0.0594. The van der Waals surface area contributed by atoms with Gasteiger partial charge in [-0.1, -0.05) is 31.4 Å². The first-order valence-corrected chi connectivity index (χ1v) is 5.26. The Morgan fingerprint density at radius 3 is 2.93 bits per heavy atom. The Bertz CT molecular complexity index is 309. The highest BCUT2D eigenvalue weighted by Gasteiger charge is 2.09. The van der Waals surface area contributed by atoms with Crippen LogP contribution in [0.1, 0.15) is 43.1 Å². The van der Waals surface area contributed by atoms with E-state index in [-0.39, 0.29) is 5.69 Å². The van der Waals surface area contributed by atoms with Gasteiger partial charge in [0.25, 0.3) is 0 Å². The van der Waals surface area contributed by atoms with Gasteiger partial charge in [0, 0.05) is 6.54 Å². The lowest BCUT2D eigenvalue weighted by atomic mass is 10.2. The van der Waals surface area contributed by atoms with Gasteiger partial charge in [-0.3, -0.25) is 4.68 Å². The number of aromatic nitrogens is 3. The van der Waals surface area contributed by atoms with E-state index in [2.05, 4.69) is 22.0 Å². The topological polar surface area (TPSA) is 57.0 Å². The SMILES string of the molecule is CCCCCCn1cc(C(=O)OC)nn1. The van der Waals surface area contributed by atoms with Gasteiger partial charge in [-0.15, -0.1) is 5.10 Å². The van der Waals surface area contributed by atoms with Crippen molar-refractivity contribution >= 4 is 5.97 Å². The van der Waals surface area contributed by atoms with E-state index < -0.39 is 5.97 Å². The maximum Gasteiger partial charge on any atom is 0.360 e. The molecule has 0 atom stereocenters. The molecule has 15 heavy (non-hydrogen) atoms. The van der Waals surface area contributed by atoms with Gasteiger partial charge in [0.2, 0.25) is 0 Å². The number of ether oxygens (including phenoxy) is 1. The van der Waals surface area contributed by atoms with Crippen molar-refractivity contribution in [2.24, 2.45) is 0 Å². The molecular formula is C10H17N3O2. The van der Waals surface area contributed by atoms with Crippen LogP contribution >= 0.6 is 0 Å². The van der Waals surface area contributed by atoms with Crippen LogP contribution < -0.4 is 0 Å². The van der Waals surface area contributed by atoms with Gasteiger partial charge in [0.1, 0.15) is 0 Å². The zero-order valence-electron chi connectivity index (χ0n) is 9.27. The van der Waals surface area contributed by atoms with Gasteiger partial charge in [-0.25, -0.2) is 4.79 Å². The van der Waals surface area contributed by atoms with Crippen LogP contribution in [0.4, 0.5) is 0 Å². The summed E-state index contributed by atoms with van der Waals surface area (Å²) in [6.45, 7) is 2.98. The highest BCUT2D eigenvalue weighted by Crippen LogP contribution is 2.02. The molecule has 0 aliphatic rings. The summed E-state index contributed by atoms with van der Waals surface area (Å²) in [5.41, 5.74) is 0.271. The summed E-state index contributed by atoms with van der Waals surface area (Å²) in [5.74, 6) is -0.435. The van der Waals surface area contributed by atoms with Crippen molar-refractivity contribution in [3.8, 4) is 0 Å². The molecule has 0 bridgehead atoms. The third-order valence-corrected chi connectivity index (χ3v) is 2.17. The predicted octanol–water partition coefficient (Wildman–Crippen LogP) is 1.64. The zero-order chi connectivity index (χ0) is 11.1. The van der Waals surface area contributed by atoms with E-state index in [0.717, 1.165) is 13.0 Å². The van der Waals surface area contributed by atoms with Gasteiger partial charge < -0.3 is 4.74 Å². The number of carbonyl (C=O) groups is 1. The molecule has 0 aliphatic carbocycles. The van der Waals surface area contributed by atoms with E-state index in [0.29, 0.717) is 0 Å². The number of methoxy groups -OCH3 is 1. The van der Waals surface area contributed by atoms with E-state index in [1.54, 1.807) is 10.9 Å². The van der Waals surface area contributed by atoms with Crippen molar-refractivity contribution in [2.45, 2.75) is 39.2 Å². The number of rotatable bonds is 6. The molecule has 0 spiro atoms. The van der Waals surface area contributed by atoms with Crippen LogP contribution in [0.3, 0.4) is 0 Å². The van der Waals surface area contributed by atoms with Crippen molar-refractivity contribution in [1.82, 2.24) is 15.0 Å². The van der Waals surface area contributed by atoms with Crippen LogP contribution in [0.2, 0.25) is 0 Å². The zero-order valence-corrected chi connectivity index (χ0v) is 9.27. The Labute approximate surface area is 89.4 Å². The molecule has 5 nitrogen and oxygen atoms in total. The van der Waals surface area contributed by atoms with Gasteiger partial charge in [-0.05, 0) is 6.42 Å². The molecule has 1 heterocycles. The number of hydrogen-bond donors (Lipinski definition) is 0. The maximum absolute atomic E-state index is 11.1. The Balaban J connectivity index is 2.36. The summed E-state index contributed by atoms with van der Waals surface area (Å²) in [6, 6.07) is 0. The van der Waals surface area contributed by atoms with Crippen LogP contribution in [-0.4, -0.2) is 28.1 Å². The van der Waals surface area contributed by atoms with Gasteiger partial charge >= 0.3 is 5.97 Å². The summed E-state index contributed by atoms with van der Waals surface area (Å²) in [4.78, 5) is 11.1. The van der Waals surface area contributed by atoms with Crippen molar-refractivity contribution in [3.05, 3.63) is 11.9 Å². The lowest BCUT2D eigenvalue weighted by Gasteiger charge is -1.98. The van der Waals surface area contributed by atoms with Gasteiger partial charge in [0.15, 0.2) is 5.69 Å². The Kier molecular flexibility index (Phi) is 4.80. The highest BCUT2D eigenvalue weighted by molar-refractivity contribution is 5.86. The summed E-state index contributed by atoms with van der Waals surface area (Å²) < 4.78 is 6.22. The number of esters is 1. The van der Waals surface area contributed by atoms with Crippen LogP contribution in [-0.2, 0) is 11.3 Å². The molecule has 0 fully saturated rings. The van der Waals surface area contributed by atoms with Crippen molar-refractivity contribution in [1.29, 1.82) is 0 Å². The molecule has 5 heteroatoms. The quantitative estimate of drug-likeness (QED) is 0.530. The second kappa shape index (κ2) is 6.16. The summed E-state index contributed by atoms with van der Waals surface area (Å²) in [6.07, 6.45) is 6.32. The largest absolute Gasteiger partial charge is 0.464 e. The molecule has 0 saturated heterocycles. The molecule has 0 saturated carbocycles. The minimum absolute atomic E-state index is 0.271. The second-order valence-electron chi connectivity index (χ2n) is 3.42. The number of unbranched alkanes of at least 4 members (excludes halogenated alkanes) is 3. The minimum Gasteiger partial charge on any atom is -0.464 e. The van der Waals surface area contributed by atoms with E-state index >= 15 is 0 Å². The third kappa shape index (κ3) is 3.69. The molecular weight excluding hydrogens is 194 g/mol. The molecule has 0 amide bonds. The Morgan fingerprint density at radius 1 is 1.47 bits per heavy atom. The minimum atomic E-state index is -0.435. The molecule has 0 N–H and O–H groups in total. The van der Waals surface area contributed by atoms with Crippen LogP contribution in [0.15, 0.2) is 6.20 Å². The van der Waals surface area contributed by atoms with E-state index in [4.69, 9.17) is 0 Å². The predicted molar refractivity (Wildman–Crippen MR) is 55.5 cm³/mol. The lowest BCUT2D eigenvalue weighted by Crippen LogP contribution is -2.01. The Hall–Kier alpha value is -1.39. The monoisotopic (exact) mass is 211 g/mol. The van der Waals surface area contributed by atoms with Gasteiger partial charge in [-0.2, -0.15) is 0 Å². The number of aryl methyl sites for hydroxylation is 1. The highest BCUT2D eigenvalue weighted by atomic mass is 16.5. The number of nitrogens with zero attached hydrogens (tertiary/aromatic N) is 3. The summed E-state index contributed by atoms with van der Waals surface area (Å²) >= 11 is 0. The fourth-order valence-electron chi connectivity index (χ4n) is 1.31. The van der Waals surface area contributed by atoms with Crippen LogP contribution in [0, 0.1) is 0 Å². The molecule has 1 aromatic heterocycles. The molecule has 1 rings (SSSR count). The average molecular weight is 211 g/mol. The number of hydrogen-bond acceptors (Lipinski definition) is 4. The summed E-state index contributed by atoms with van der Waals surface area (Å²) in [5, 5.41) is 7.57. The van der Waals surface area contributed by atoms with Crippen LogP contribution in [0.5, 0.6) is 0 Å². The molecule has 0 aliphatic heterocycles. The molecule has 0 unspecified atom stereocenters. The van der Waals surface area contributed by atoms with Crippen LogP contribution in [0.25, 0.3) is 0 Å². The van der Waals surface area contributed by atoms with Gasteiger partial charge in [0.05, 0.1) is 13.3 Å². The van der Waals surface area contributed by atoms with E-state index in [1.807, 2.05) is 0 Å². The smallest absolute Gasteiger partial charge is 0.360 e. The number of carbonyl (C=O) groups excluding carboxylic acids is 1. The normalized spacial score (nSPS) is 10.3. The molecule has 84 valence electrons. The average Bonchev–Trinajstić information content (AvgIpc) is 2.72. The van der Waals surface area contributed by atoms with E-state index in [1.165, 1.54) is 26.4 Å². The fourth-order valence-corrected chi connectivity index (χ4v) is 1.31. The fraction of sp³-hybridized carbons (Fsp3) is 0.700. The molecule has 1 aromatic rings. The standard InChI is InChI=1S/C10H17N3O2/c1-3-4-5-6-7-13-8-9(11-12-13)10(14)15-2/h8H,3-7H2,1-2H3.